The van der Waals surface area contributed by atoms with E-state index in [0.29, 0.717) is 5.56 Å². The van der Waals surface area contributed by atoms with E-state index >= 15 is 0 Å². The number of pyridine rings is 1. The molecule has 0 aliphatic carbocycles. The summed E-state index contributed by atoms with van der Waals surface area (Å²) in [5, 5.41) is 20.7. The fourth-order valence-corrected chi connectivity index (χ4v) is 4.95. The van der Waals surface area contributed by atoms with Crippen LogP contribution in [0, 0.1) is 16.7 Å². The van der Waals surface area contributed by atoms with Crippen molar-refractivity contribution in [3.8, 4) is 6.07 Å². The minimum atomic E-state index is -0.536. The van der Waals surface area contributed by atoms with Gasteiger partial charge in [0.25, 0.3) is 0 Å². The molecule has 4 nitrogen and oxygen atoms in total. The average Bonchev–Trinajstić information content (AvgIpc) is 3.30. The maximum absolute atomic E-state index is 11.6. The maximum Gasteiger partial charge on any atom is 0.0991 e. The second-order valence-corrected chi connectivity index (χ2v) is 9.43. The lowest BCUT2D eigenvalue weighted by Gasteiger charge is -2.39. The number of aliphatic hydroxyl groups is 1. The van der Waals surface area contributed by atoms with Crippen molar-refractivity contribution in [2.75, 3.05) is 13.1 Å². The van der Waals surface area contributed by atoms with Crippen molar-refractivity contribution in [2.24, 2.45) is 5.41 Å². The molecule has 32 heavy (non-hydrogen) atoms. The Kier molecular flexibility index (Phi) is 6.41. The highest BCUT2D eigenvalue weighted by atomic mass is 16.3. The molecule has 0 saturated carbocycles. The third-order valence-corrected chi connectivity index (χ3v) is 7.16. The van der Waals surface area contributed by atoms with E-state index in [1.807, 2.05) is 72.9 Å². The number of aliphatic hydroxyl groups excluding tert-OH is 1. The lowest BCUT2D eigenvalue weighted by atomic mass is 9.73. The van der Waals surface area contributed by atoms with E-state index in [0.717, 1.165) is 43.6 Å². The molecule has 2 atom stereocenters. The fraction of sp³-hybridized carbons (Fsp3) is 0.357. The molecule has 1 aliphatic rings. The minimum absolute atomic E-state index is 0.214. The van der Waals surface area contributed by atoms with Gasteiger partial charge in [0.1, 0.15) is 0 Å². The summed E-state index contributed by atoms with van der Waals surface area (Å²) in [6.45, 7) is 6.17. The van der Waals surface area contributed by atoms with E-state index in [2.05, 4.69) is 35.9 Å². The molecule has 0 radical (unpaired) electrons. The summed E-state index contributed by atoms with van der Waals surface area (Å²) in [7, 11) is 0. The molecule has 0 bridgehead atoms. The van der Waals surface area contributed by atoms with E-state index in [4.69, 9.17) is 5.26 Å². The van der Waals surface area contributed by atoms with Crippen molar-refractivity contribution < 1.29 is 5.11 Å². The molecule has 1 aromatic heterocycles. The second-order valence-electron chi connectivity index (χ2n) is 9.43. The van der Waals surface area contributed by atoms with E-state index in [9.17, 15) is 5.11 Å². The third kappa shape index (κ3) is 4.46. The number of hydrogen-bond donors (Lipinski definition) is 1. The van der Waals surface area contributed by atoms with Gasteiger partial charge in [0.2, 0.25) is 0 Å². The summed E-state index contributed by atoms with van der Waals surface area (Å²) in [5.74, 6) is 0. The van der Waals surface area contributed by atoms with Gasteiger partial charge < -0.3 is 5.11 Å². The zero-order valence-electron chi connectivity index (χ0n) is 18.9. The molecule has 4 heteroatoms. The van der Waals surface area contributed by atoms with Crippen molar-refractivity contribution in [1.82, 2.24) is 9.88 Å². The highest BCUT2D eigenvalue weighted by molar-refractivity contribution is 5.32. The van der Waals surface area contributed by atoms with E-state index < -0.39 is 6.10 Å². The molecule has 1 unspecified atom stereocenters. The van der Waals surface area contributed by atoms with Crippen molar-refractivity contribution in [3.63, 3.8) is 0 Å². The summed E-state index contributed by atoms with van der Waals surface area (Å²) in [6, 6.07) is 26.1. The van der Waals surface area contributed by atoms with Crippen molar-refractivity contribution in [2.45, 2.75) is 44.8 Å². The maximum atomic E-state index is 11.6. The van der Waals surface area contributed by atoms with Crippen molar-refractivity contribution >= 4 is 0 Å². The molecule has 1 aliphatic heterocycles. The van der Waals surface area contributed by atoms with Crippen LogP contribution in [0.25, 0.3) is 0 Å². The van der Waals surface area contributed by atoms with Crippen LogP contribution >= 0.6 is 0 Å². The fourth-order valence-electron chi connectivity index (χ4n) is 4.95. The van der Waals surface area contributed by atoms with Crippen LogP contribution in [0.3, 0.4) is 0 Å². The number of hydrogen-bond acceptors (Lipinski definition) is 4. The van der Waals surface area contributed by atoms with E-state index in [1.165, 1.54) is 5.56 Å². The predicted molar refractivity (Wildman–Crippen MR) is 127 cm³/mol. The van der Waals surface area contributed by atoms with Gasteiger partial charge in [0.05, 0.1) is 29.0 Å². The molecule has 1 saturated heterocycles. The Morgan fingerprint density at radius 3 is 2.44 bits per heavy atom. The van der Waals surface area contributed by atoms with Crippen LogP contribution in [0.2, 0.25) is 0 Å². The molecule has 0 spiro atoms. The van der Waals surface area contributed by atoms with Crippen LogP contribution in [-0.2, 0) is 12.0 Å². The van der Waals surface area contributed by atoms with Gasteiger partial charge in [-0.25, -0.2) is 0 Å². The lowest BCUT2D eigenvalue weighted by molar-refractivity contribution is 0.0114. The number of benzene rings is 2. The Balaban J connectivity index is 1.60. The highest BCUT2D eigenvalue weighted by Crippen LogP contribution is 2.48. The van der Waals surface area contributed by atoms with Crippen molar-refractivity contribution in [3.05, 3.63) is 101 Å². The first kappa shape index (κ1) is 22.2. The van der Waals surface area contributed by atoms with Crippen molar-refractivity contribution in [1.29, 1.82) is 5.26 Å². The molecule has 0 amide bonds. The summed E-state index contributed by atoms with van der Waals surface area (Å²) in [4.78, 5) is 7.10. The number of nitriles is 1. The molecule has 3 aromatic rings. The molecule has 1 fully saturated rings. The topological polar surface area (TPSA) is 60.2 Å². The monoisotopic (exact) mass is 425 g/mol. The smallest absolute Gasteiger partial charge is 0.0991 e. The number of aromatic nitrogens is 1. The molecule has 2 heterocycles. The molecule has 164 valence electrons. The number of likely N-dealkylation sites (tertiary alicyclic amines) is 1. The quantitative estimate of drug-likeness (QED) is 0.562. The average molecular weight is 426 g/mol. The van der Waals surface area contributed by atoms with Gasteiger partial charge in [-0.05, 0) is 75.0 Å². The third-order valence-electron chi connectivity index (χ3n) is 7.16. The van der Waals surface area contributed by atoms with Gasteiger partial charge in [-0.2, -0.15) is 5.26 Å². The lowest BCUT2D eigenvalue weighted by Crippen LogP contribution is -2.43. The SMILES string of the molecule is CC(C)(c1ccccn1)N1CC[C@@](CCc2ccc(C#N)cc2)(C(O)c2ccccc2)C1. The first-order valence-corrected chi connectivity index (χ1v) is 11.3. The number of aryl methyl sites for hydroxylation is 1. The zero-order valence-corrected chi connectivity index (χ0v) is 18.9. The normalized spacial score (nSPS) is 20.1. The Morgan fingerprint density at radius 1 is 1.06 bits per heavy atom. The van der Waals surface area contributed by atoms with Gasteiger partial charge in [-0.1, -0.05) is 48.5 Å². The Labute approximate surface area is 191 Å². The van der Waals surface area contributed by atoms with Crippen LogP contribution in [0.5, 0.6) is 0 Å². The number of rotatable bonds is 7. The molecular weight excluding hydrogens is 394 g/mol. The van der Waals surface area contributed by atoms with E-state index in [-0.39, 0.29) is 11.0 Å². The highest BCUT2D eigenvalue weighted by Gasteiger charge is 2.48. The summed E-state index contributed by atoms with van der Waals surface area (Å²) in [6.07, 6.45) is 3.99. The van der Waals surface area contributed by atoms with Gasteiger partial charge >= 0.3 is 0 Å². The van der Waals surface area contributed by atoms with Crippen LogP contribution in [0.1, 0.15) is 55.2 Å². The second kappa shape index (κ2) is 9.24. The van der Waals surface area contributed by atoms with Gasteiger partial charge in [-0.15, -0.1) is 0 Å². The number of nitrogens with zero attached hydrogens (tertiary/aromatic N) is 3. The predicted octanol–water partition coefficient (Wildman–Crippen LogP) is 5.25. The molecule has 1 N–H and O–H groups in total. The largest absolute Gasteiger partial charge is 0.388 e. The summed E-state index contributed by atoms with van der Waals surface area (Å²) in [5.41, 5.74) is 3.44. The van der Waals surface area contributed by atoms with Crippen LogP contribution in [0.15, 0.2) is 79.0 Å². The Morgan fingerprint density at radius 2 is 1.78 bits per heavy atom. The minimum Gasteiger partial charge on any atom is -0.388 e. The summed E-state index contributed by atoms with van der Waals surface area (Å²) < 4.78 is 0. The standard InChI is InChI=1S/C28H31N3O/c1-27(2,25-10-6-7-18-30-25)31-19-17-28(21-31,26(32)24-8-4-3-5-9-24)16-15-22-11-13-23(20-29)14-12-22/h3-14,18,26,32H,15-17,19,21H2,1-2H3/t26?,28-/m1/s1. The van der Waals surface area contributed by atoms with Crippen LogP contribution < -0.4 is 0 Å². The first-order chi connectivity index (χ1) is 15.4. The zero-order chi connectivity index (χ0) is 22.6. The molecule has 2 aromatic carbocycles. The van der Waals surface area contributed by atoms with Crippen LogP contribution in [0.4, 0.5) is 0 Å². The van der Waals surface area contributed by atoms with Gasteiger partial charge in [-0.3, -0.25) is 9.88 Å². The van der Waals surface area contributed by atoms with Gasteiger partial charge in [0.15, 0.2) is 0 Å². The van der Waals surface area contributed by atoms with Crippen LogP contribution in [-0.4, -0.2) is 28.1 Å². The summed E-state index contributed by atoms with van der Waals surface area (Å²) >= 11 is 0. The van der Waals surface area contributed by atoms with Gasteiger partial charge in [0, 0.05) is 18.2 Å². The first-order valence-electron chi connectivity index (χ1n) is 11.3. The Bertz CT molecular complexity index is 1060. The van der Waals surface area contributed by atoms with E-state index in [1.54, 1.807) is 0 Å². The molecular formula is C28H31N3O. The Hall–Kier alpha value is -3.00. The molecule has 4 rings (SSSR count).